The molecule has 3 aromatic carbocycles. The third-order valence-electron chi connectivity index (χ3n) is 7.67. The lowest BCUT2D eigenvalue weighted by atomic mass is 10.2. The summed E-state index contributed by atoms with van der Waals surface area (Å²) in [5, 5.41) is 37.5. The maximum atomic E-state index is 6.04. The topological polar surface area (TPSA) is 196 Å². The molecule has 0 aliphatic carbocycles. The Morgan fingerprint density at radius 3 is 0.815 bits per heavy atom. The molecule has 7 rings (SSSR count). The third kappa shape index (κ3) is 8.34. The highest BCUT2D eigenvalue weighted by Gasteiger charge is 2.14. The van der Waals surface area contributed by atoms with Crippen molar-refractivity contribution in [2.45, 2.75) is 41.5 Å². The van der Waals surface area contributed by atoms with Crippen LogP contribution in [-0.2, 0) is 0 Å². The van der Waals surface area contributed by atoms with Gasteiger partial charge < -0.3 is 14.2 Å². The second-order valence-corrected chi connectivity index (χ2v) is 11.7. The minimum Gasteiger partial charge on any atom is -0.424 e. The molecule has 270 valence electrons. The molecular weight excluding hydrogens is 690 g/mol. The van der Waals surface area contributed by atoms with Gasteiger partial charge in [0.05, 0.1) is 18.6 Å². The zero-order valence-corrected chi connectivity index (χ0v) is 30.1. The van der Waals surface area contributed by atoms with Crippen molar-refractivity contribution in [1.29, 1.82) is 0 Å². The van der Waals surface area contributed by atoms with Crippen LogP contribution >= 0.6 is 0 Å². The van der Waals surface area contributed by atoms with Crippen LogP contribution in [0.2, 0.25) is 0 Å². The van der Waals surface area contributed by atoms with E-state index in [0.29, 0.717) is 52.2 Å². The zero-order chi connectivity index (χ0) is 37.6. The van der Waals surface area contributed by atoms with E-state index in [0.717, 1.165) is 16.7 Å². The number of benzene rings is 3. The van der Waals surface area contributed by atoms with E-state index in [4.69, 9.17) is 14.2 Å². The number of rotatable bonds is 12. The fraction of sp³-hybridized carbons (Fsp3) is 0.167. The van der Waals surface area contributed by atoms with Gasteiger partial charge in [0.1, 0.15) is 17.2 Å². The molecule has 0 saturated heterocycles. The Bertz CT molecular complexity index is 2130. The van der Waals surface area contributed by atoms with Gasteiger partial charge in [0.15, 0.2) is 34.9 Å². The van der Waals surface area contributed by atoms with E-state index in [9.17, 15) is 0 Å². The first-order valence-corrected chi connectivity index (χ1v) is 16.6. The summed E-state index contributed by atoms with van der Waals surface area (Å²) in [6.45, 7) is 11.0. The van der Waals surface area contributed by atoms with Gasteiger partial charge in [0.25, 0.3) is 0 Å². The summed E-state index contributed by atoms with van der Waals surface area (Å²) in [6.07, 6.45) is 5.11. The molecule has 54 heavy (non-hydrogen) atoms. The van der Waals surface area contributed by atoms with Gasteiger partial charge in [0.2, 0.25) is 0 Å². The van der Waals surface area contributed by atoms with E-state index in [-0.39, 0.29) is 18.0 Å². The number of hydrogen-bond donors (Lipinski definition) is 0. The molecular formula is C36H33N15O3. The van der Waals surface area contributed by atoms with Gasteiger partial charge in [-0.2, -0.15) is 15.3 Å². The van der Waals surface area contributed by atoms with Crippen LogP contribution in [0.15, 0.2) is 88.1 Å². The Labute approximate surface area is 308 Å². The quantitative estimate of drug-likeness (QED) is 0.143. The molecule has 0 fully saturated rings. The van der Waals surface area contributed by atoms with Gasteiger partial charge in [0, 0.05) is 0 Å². The normalized spacial score (nSPS) is 11.7. The third-order valence-corrected chi connectivity index (χ3v) is 7.67. The molecule has 0 saturated carbocycles. The Morgan fingerprint density at radius 2 is 0.593 bits per heavy atom. The van der Waals surface area contributed by atoms with Crippen molar-refractivity contribution in [2.24, 2.45) is 15.3 Å². The van der Waals surface area contributed by atoms with Crippen LogP contribution < -0.4 is 14.2 Å². The lowest BCUT2D eigenvalue weighted by molar-refractivity contribution is 0.362. The van der Waals surface area contributed by atoms with Gasteiger partial charge in [-0.1, -0.05) is 0 Å². The predicted octanol–water partition coefficient (Wildman–Crippen LogP) is 5.52. The fourth-order valence-electron chi connectivity index (χ4n) is 4.90. The van der Waals surface area contributed by atoms with Crippen LogP contribution in [0, 0.1) is 41.5 Å². The van der Waals surface area contributed by atoms with E-state index in [1.807, 2.05) is 77.9 Å². The van der Waals surface area contributed by atoms with Crippen molar-refractivity contribution < 1.29 is 14.2 Å². The van der Waals surface area contributed by atoms with E-state index >= 15 is 0 Å². The molecule has 18 nitrogen and oxygen atoms in total. The van der Waals surface area contributed by atoms with Crippen molar-refractivity contribution in [2.75, 3.05) is 0 Å². The average molecular weight is 724 g/mol. The van der Waals surface area contributed by atoms with E-state index < -0.39 is 0 Å². The molecule has 7 aromatic rings. The standard InChI is InChI=1S/C36H33N15O3/c1-22-43-44-23(2)49(22)37-19-28-7-13-31(14-8-28)52-34-40-35(53-32-15-9-29(10-16-32)20-38-50-24(3)45-46-25(50)4)42-36(41-34)54-33-17-11-30(12-18-33)21-39-51-26(5)47-48-27(51)6/h7-21H,1-6H3/b37-19-,38-20-,39-21-. The molecule has 0 spiro atoms. The van der Waals surface area contributed by atoms with Crippen molar-refractivity contribution >= 4 is 18.6 Å². The monoisotopic (exact) mass is 723 g/mol. The van der Waals surface area contributed by atoms with Crippen LogP contribution in [0.25, 0.3) is 0 Å². The van der Waals surface area contributed by atoms with Crippen molar-refractivity contribution in [3.05, 3.63) is 124 Å². The van der Waals surface area contributed by atoms with Crippen LogP contribution in [-0.4, -0.2) is 78.2 Å². The van der Waals surface area contributed by atoms with E-state index in [1.165, 1.54) is 0 Å². The zero-order valence-electron chi connectivity index (χ0n) is 30.1. The molecule has 0 amide bonds. The minimum absolute atomic E-state index is 0.0426. The van der Waals surface area contributed by atoms with E-state index in [2.05, 4.69) is 60.8 Å². The summed E-state index contributed by atoms with van der Waals surface area (Å²) >= 11 is 0. The van der Waals surface area contributed by atoms with Crippen LogP contribution in [0.4, 0.5) is 0 Å². The maximum Gasteiger partial charge on any atom is 0.331 e. The number of nitrogens with zero attached hydrogens (tertiary/aromatic N) is 15. The Hall–Kier alpha value is -7.50. The molecule has 4 aromatic heterocycles. The highest BCUT2D eigenvalue weighted by Crippen LogP contribution is 2.27. The molecule has 18 heteroatoms. The molecule has 0 unspecified atom stereocenters. The molecule has 0 aliphatic heterocycles. The summed E-state index contributed by atoms with van der Waals surface area (Å²) in [5.41, 5.74) is 2.50. The Balaban J connectivity index is 1.10. The minimum atomic E-state index is -0.0426. The lowest BCUT2D eigenvalue weighted by Gasteiger charge is -2.10. The summed E-state index contributed by atoms with van der Waals surface area (Å²) < 4.78 is 23.1. The number of ether oxygens (including phenoxy) is 3. The van der Waals surface area contributed by atoms with Gasteiger partial charge in [-0.15, -0.1) is 45.5 Å². The van der Waals surface area contributed by atoms with Crippen molar-refractivity contribution in [3.63, 3.8) is 0 Å². The van der Waals surface area contributed by atoms with Gasteiger partial charge in [-0.05, 0) is 131 Å². The van der Waals surface area contributed by atoms with Gasteiger partial charge in [-0.25, -0.2) is 14.0 Å². The second kappa shape index (κ2) is 15.4. The van der Waals surface area contributed by atoms with Gasteiger partial charge in [-0.3, -0.25) is 0 Å². The highest BCUT2D eigenvalue weighted by atomic mass is 16.5. The maximum absolute atomic E-state index is 6.04. The van der Waals surface area contributed by atoms with Crippen LogP contribution in [0.1, 0.15) is 51.6 Å². The van der Waals surface area contributed by atoms with Crippen LogP contribution in [0.3, 0.4) is 0 Å². The Morgan fingerprint density at radius 1 is 0.370 bits per heavy atom. The first-order chi connectivity index (χ1) is 26.2. The second-order valence-electron chi connectivity index (χ2n) is 11.7. The fourth-order valence-corrected chi connectivity index (χ4v) is 4.90. The molecule has 4 heterocycles. The molecule has 0 aliphatic rings. The number of aromatic nitrogens is 12. The summed E-state index contributed by atoms with van der Waals surface area (Å²) in [7, 11) is 0. The van der Waals surface area contributed by atoms with Crippen LogP contribution in [0.5, 0.6) is 35.3 Å². The SMILES string of the molecule is Cc1nnc(C)n1/N=C\c1ccc(Oc2nc(Oc3ccc(/C=N\n4c(C)nnc4C)cc3)nc(Oc3ccc(/C=N\n4c(C)nnc4C)cc3)n2)cc1. The largest absolute Gasteiger partial charge is 0.424 e. The smallest absolute Gasteiger partial charge is 0.331 e. The van der Waals surface area contributed by atoms with Gasteiger partial charge >= 0.3 is 18.0 Å². The number of hydrogen-bond acceptors (Lipinski definition) is 15. The number of aryl methyl sites for hydroxylation is 6. The first kappa shape index (κ1) is 34.9. The molecule has 0 N–H and O–H groups in total. The van der Waals surface area contributed by atoms with Crippen molar-refractivity contribution in [1.82, 2.24) is 59.6 Å². The lowest BCUT2D eigenvalue weighted by Crippen LogP contribution is -2.01. The first-order valence-electron chi connectivity index (χ1n) is 16.6. The summed E-state index contributed by atoms with van der Waals surface area (Å²) in [4.78, 5) is 13.2. The highest BCUT2D eigenvalue weighted by molar-refractivity contribution is 5.80. The molecule has 0 radical (unpaired) electrons. The average Bonchev–Trinajstić information content (AvgIpc) is 3.79. The Kier molecular flexibility index (Phi) is 9.96. The molecule has 0 bridgehead atoms. The predicted molar refractivity (Wildman–Crippen MR) is 197 cm³/mol. The summed E-state index contributed by atoms with van der Waals surface area (Å²) in [6, 6.07) is 21.5. The van der Waals surface area contributed by atoms with E-state index in [1.54, 1.807) is 69.1 Å². The van der Waals surface area contributed by atoms with Crippen molar-refractivity contribution in [3.8, 4) is 35.3 Å². The summed E-state index contributed by atoms with van der Waals surface area (Å²) in [5.74, 6) is 5.52. The molecule has 0 atom stereocenters.